The quantitative estimate of drug-likeness (QED) is 0.420. The van der Waals surface area contributed by atoms with Gasteiger partial charge in [0, 0.05) is 24.8 Å². The lowest BCUT2D eigenvalue weighted by molar-refractivity contribution is -0.242. The number of benzene rings is 2. The van der Waals surface area contributed by atoms with Crippen LogP contribution < -0.4 is 10.0 Å². The van der Waals surface area contributed by atoms with Crippen LogP contribution >= 0.6 is 11.6 Å². The summed E-state index contributed by atoms with van der Waals surface area (Å²) in [6, 6.07) is 8.32. The van der Waals surface area contributed by atoms with Crippen molar-refractivity contribution in [3.8, 4) is 0 Å². The van der Waals surface area contributed by atoms with Gasteiger partial charge in [-0.2, -0.15) is 13.2 Å². The van der Waals surface area contributed by atoms with E-state index in [0.717, 1.165) is 18.2 Å². The fourth-order valence-electron chi connectivity index (χ4n) is 2.50. The number of aliphatic hydroxyl groups is 2. The molecule has 0 aliphatic heterocycles. The second-order valence-electron chi connectivity index (χ2n) is 7.30. The molecule has 0 aliphatic carbocycles. The standard InChI is InChI=1S/C20H21ClF3N3O6S/c1-19(31,20(22,23)24)18(30)25-16-8-7-14(11-15(16)21)34(32,33)26-13-5-3-12(4-6-13)17(29)27(2)9-10-28/h3-8,11,26,28,31H,9-10H2,1-2H3,(H,25,30). The van der Waals surface area contributed by atoms with E-state index in [9.17, 15) is 36.3 Å². The molecule has 0 saturated heterocycles. The summed E-state index contributed by atoms with van der Waals surface area (Å²) < 4.78 is 65.9. The number of halogens is 4. The van der Waals surface area contributed by atoms with Crippen LogP contribution in [-0.2, 0) is 14.8 Å². The van der Waals surface area contributed by atoms with Crippen molar-refractivity contribution in [2.75, 3.05) is 30.2 Å². The van der Waals surface area contributed by atoms with Gasteiger partial charge in [0.05, 0.1) is 22.2 Å². The molecule has 0 radical (unpaired) electrons. The average molecular weight is 524 g/mol. The number of rotatable bonds is 8. The number of carbonyl (C=O) groups is 2. The molecule has 2 amide bonds. The highest BCUT2D eigenvalue weighted by Gasteiger charge is 2.55. The van der Waals surface area contributed by atoms with Gasteiger partial charge in [-0.25, -0.2) is 8.42 Å². The van der Waals surface area contributed by atoms with E-state index in [1.165, 1.54) is 36.2 Å². The third kappa shape index (κ3) is 6.17. The maximum Gasteiger partial charge on any atom is 0.426 e. The second-order valence-corrected chi connectivity index (χ2v) is 9.39. The van der Waals surface area contributed by atoms with Crippen LogP contribution in [0.2, 0.25) is 5.02 Å². The van der Waals surface area contributed by atoms with Crippen molar-refractivity contribution in [3.63, 3.8) is 0 Å². The van der Waals surface area contributed by atoms with Crippen LogP contribution in [0.3, 0.4) is 0 Å². The zero-order valence-corrected chi connectivity index (χ0v) is 19.4. The van der Waals surface area contributed by atoms with Crippen molar-refractivity contribution in [3.05, 3.63) is 53.1 Å². The molecule has 4 N–H and O–H groups in total. The Morgan fingerprint density at radius 1 is 1.12 bits per heavy atom. The molecule has 0 aromatic heterocycles. The molecule has 1 atom stereocenters. The van der Waals surface area contributed by atoms with Crippen LogP contribution in [0.25, 0.3) is 0 Å². The molecule has 1 unspecified atom stereocenters. The highest BCUT2D eigenvalue weighted by atomic mass is 35.5. The fraction of sp³-hybridized carbons (Fsp3) is 0.300. The molecule has 0 spiro atoms. The van der Waals surface area contributed by atoms with Crippen molar-refractivity contribution in [1.82, 2.24) is 4.90 Å². The van der Waals surface area contributed by atoms with Gasteiger partial charge in [0.15, 0.2) is 0 Å². The lowest BCUT2D eigenvalue weighted by Crippen LogP contribution is -2.52. The maximum atomic E-state index is 12.8. The summed E-state index contributed by atoms with van der Waals surface area (Å²) in [5.74, 6) is -2.17. The van der Waals surface area contributed by atoms with Crippen molar-refractivity contribution in [2.24, 2.45) is 0 Å². The van der Waals surface area contributed by atoms with Crippen LogP contribution in [0.5, 0.6) is 0 Å². The van der Waals surface area contributed by atoms with Crippen LogP contribution in [0.4, 0.5) is 24.5 Å². The van der Waals surface area contributed by atoms with E-state index in [1.54, 1.807) is 0 Å². The van der Waals surface area contributed by atoms with Crippen LogP contribution in [0, 0.1) is 0 Å². The number of hydrogen-bond acceptors (Lipinski definition) is 6. The predicted octanol–water partition coefficient (Wildman–Crippen LogP) is 2.46. The summed E-state index contributed by atoms with van der Waals surface area (Å²) in [6.45, 7) is 0.174. The highest BCUT2D eigenvalue weighted by Crippen LogP contribution is 2.33. The fourth-order valence-corrected chi connectivity index (χ4v) is 3.88. The molecule has 2 aromatic rings. The largest absolute Gasteiger partial charge is 0.426 e. The normalized spacial score (nSPS) is 13.6. The Morgan fingerprint density at radius 2 is 1.71 bits per heavy atom. The number of likely N-dealkylation sites (N-methyl/N-ethyl adjacent to an activating group) is 1. The van der Waals surface area contributed by atoms with Gasteiger partial charge in [0.25, 0.3) is 21.8 Å². The van der Waals surface area contributed by atoms with E-state index < -0.39 is 27.7 Å². The predicted molar refractivity (Wildman–Crippen MR) is 118 cm³/mol. The van der Waals surface area contributed by atoms with E-state index in [-0.39, 0.29) is 52.8 Å². The maximum absolute atomic E-state index is 12.8. The molecule has 0 bridgehead atoms. The number of aliphatic hydroxyl groups excluding tert-OH is 1. The minimum absolute atomic E-state index is 0.107. The highest BCUT2D eigenvalue weighted by molar-refractivity contribution is 7.92. The number of amides is 2. The lowest BCUT2D eigenvalue weighted by atomic mass is 10.1. The van der Waals surface area contributed by atoms with E-state index in [2.05, 4.69) is 4.72 Å². The zero-order chi connectivity index (χ0) is 25.9. The van der Waals surface area contributed by atoms with Gasteiger partial charge in [-0.15, -0.1) is 0 Å². The van der Waals surface area contributed by atoms with E-state index >= 15 is 0 Å². The minimum Gasteiger partial charge on any atom is -0.395 e. The van der Waals surface area contributed by atoms with Gasteiger partial charge in [0.2, 0.25) is 5.60 Å². The van der Waals surface area contributed by atoms with Crippen molar-refractivity contribution < 1.29 is 41.4 Å². The van der Waals surface area contributed by atoms with Gasteiger partial charge < -0.3 is 20.4 Å². The summed E-state index contributed by atoms with van der Waals surface area (Å²) in [7, 11) is -2.70. The molecule has 0 heterocycles. The molecule has 2 rings (SSSR count). The van der Waals surface area contributed by atoms with Gasteiger partial charge in [-0.1, -0.05) is 11.6 Å². The summed E-state index contributed by atoms with van der Waals surface area (Å²) in [6.07, 6.45) is -5.24. The topological polar surface area (TPSA) is 136 Å². The van der Waals surface area contributed by atoms with E-state index in [1.807, 2.05) is 5.32 Å². The first-order chi connectivity index (χ1) is 15.6. The smallest absolute Gasteiger partial charge is 0.395 e. The Kier molecular flexibility index (Phi) is 8.19. The number of nitrogens with zero attached hydrogens (tertiary/aromatic N) is 1. The number of alkyl halides is 3. The van der Waals surface area contributed by atoms with Gasteiger partial charge in [0.1, 0.15) is 0 Å². The first-order valence-electron chi connectivity index (χ1n) is 9.49. The molecule has 186 valence electrons. The zero-order valence-electron chi connectivity index (χ0n) is 17.9. The average Bonchev–Trinajstić information content (AvgIpc) is 2.74. The molecule has 34 heavy (non-hydrogen) atoms. The molecule has 9 nitrogen and oxygen atoms in total. The Morgan fingerprint density at radius 3 is 2.21 bits per heavy atom. The van der Waals surface area contributed by atoms with Crippen molar-refractivity contribution >= 4 is 44.8 Å². The Bertz CT molecular complexity index is 1170. The number of anilines is 2. The van der Waals surface area contributed by atoms with Crippen LogP contribution in [0.1, 0.15) is 17.3 Å². The Hall–Kier alpha value is -2.87. The Balaban J connectivity index is 2.18. The number of carbonyl (C=O) groups excluding carboxylic acids is 2. The minimum atomic E-state index is -5.24. The molecule has 2 aromatic carbocycles. The summed E-state index contributed by atoms with van der Waals surface area (Å²) in [4.78, 5) is 24.9. The third-order valence-electron chi connectivity index (χ3n) is 4.66. The number of sulfonamides is 1. The van der Waals surface area contributed by atoms with E-state index in [4.69, 9.17) is 16.7 Å². The summed E-state index contributed by atoms with van der Waals surface area (Å²) in [5, 5.41) is 19.7. The second kappa shape index (κ2) is 10.2. The molecule has 0 aliphatic rings. The molecular weight excluding hydrogens is 503 g/mol. The van der Waals surface area contributed by atoms with Crippen molar-refractivity contribution in [2.45, 2.75) is 23.6 Å². The summed E-state index contributed by atoms with van der Waals surface area (Å²) >= 11 is 5.93. The Labute approximate surface area is 198 Å². The van der Waals surface area contributed by atoms with Gasteiger partial charge in [-0.3, -0.25) is 14.3 Å². The lowest BCUT2D eigenvalue weighted by Gasteiger charge is -2.25. The van der Waals surface area contributed by atoms with Crippen LogP contribution in [0.15, 0.2) is 47.4 Å². The summed E-state index contributed by atoms with van der Waals surface area (Å²) in [5.41, 5.74) is -3.67. The monoisotopic (exact) mass is 523 g/mol. The first kappa shape index (κ1) is 27.4. The van der Waals surface area contributed by atoms with Gasteiger partial charge >= 0.3 is 6.18 Å². The van der Waals surface area contributed by atoms with E-state index in [0.29, 0.717) is 0 Å². The SMILES string of the molecule is CN(CCO)C(=O)c1ccc(NS(=O)(=O)c2ccc(NC(=O)C(C)(O)C(F)(F)F)c(Cl)c2)cc1. The molecule has 0 fully saturated rings. The third-order valence-corrected chi connectivity index (χ3v) is 6.35. The van der Waals surface area contributed by atoms with Crippen molar-refractivity contribution in [1.29, 1.82) is 0 Å². The van der Waals surface area contributed by atoms with Gasteiger partial charge in [-0.05, 0) is 49.4 Å². The number of hydrogen-bond donors (Lipinski definition) is 4. The molecule has 0 saturated carbocycles. The molecule has 14 heteroatoms. The van der Waals surface area contributed by atoms with Crippen LogP contribution in [-0.4, -0.2) is 67.3 Å². The molecular formula is C20H21ClF3N3O6S. The number of nitrogens with one attached hydrogen (secondary N) is 2. The first-order valence-corrected chi connectivity index (χ1v) is 11.4.